The van der Waals surface area contributed by atoms with Gasteiger partial charge in [-0.3, -0.25) is 0 Å². The molecule has 0 saturated carbocycles. The fraction of sp³-hybridized carbons (Fsp3) is 0.600. The zero-order chi connectivity index (χ0) is 12.9. The van der Waals surface area contributed by atoms with E-state index in [1.54, 1.807) is 13.8 Å². The van der Waals surface area contributed by atoms with Crippen LogP contribution in [0.2, 0.25) is 0 Å². The predicted molar refractivity (Wildman–Crippen MR) is 68.4 cm³/mol. The van der Waals surface area contributed by atoms with Crippen molar-refractivity contribution in [2.24, 2.45) is 0 Å². The van der Waals surface area contributed by atoms with Gasteiger partial charge in [0.1, 0.15) is 0 Å². The number of carboxylic acid groups (broad SMARTS) is 2. The molecule has 0 aromatic heterocycles. The summed E-state index contributed by atoms with van der Waals surface area (Å²) in [5.41, 5.74) is -0.174. The smallest absolute Gasteiger partial charge is 0.332 e. The molecule has 4 nitrogen and oxygen atoms in total. The van der Waals surface area contributed by atoms with Gasteiger partial charge in [0.2, 0.25) is 0 Å². The first kappa shape index (κ1) is 15.4. The maximum atomic E-state index is 11.0. The zero-order valence-corrected chi connectivity index (χ0v) is 11.0. The van der Waals surface area contributed by atoms with Gasteiger partial charge in [-0.05, 0) is 12.8 Å². The highest BCUT2D eigenvalue weighted by Crippen LogP contribution is 2.20. The van der Waals surface area contributed by atoms with Crippen molar-refractivity contribution in [2.45, 2.75) is 37.2 Å². The summed E-state index contributed by atoms with van der Waals surface area (Å²) in [5, 5.41) is 17.6. The van der Waals surface area contributed by atoms with Crippen LogP contribution in [0.5, 0.6) is 0 Å². The van der Waals surface area contributed by atoms with Crippen molar-refractivity contribution < 1.29 is 19.8 Å². The van der Waals surface area contributed by atoms with Crippen LogP contribution >= 0.6 is 25.3 Å². The number of aliphatic carboxylic acids is 2. The minimum Gasteiger partial charge on any atom is -0.478 e. The van der Waals surface area contributed by atoms with Crippen LogP contribution in [0.15, 0.2) is 11.1 Å². The number of rotatable bonds is 6. The Kier molecular flexibility index (Phi) is 6.59. The van der Waals surface area contributed by atoms with Gasteiger partial charge in [0, 0.05) is 21.6 Å². The van der Waals surface area contributed by atoms with Crippen LogP contribution in [0.25, 0.3) is 0 Å². The Morgan fingerprint density at radius 1 is 0.938 bits per heavy atom. The Morgan fingerprint density at radius 3 is 1.31 bits per heavy atom. The van der Waals surface area contributed by atoms with Crippen LogP contribution in [0.4, 0.5) is 0 Å². The molecule has 2 unspecified atom stereocenters. The third-order valence-corrected chi connectivity index (χ3v) is 2.24. The molecule has 2 N–H and O–H groups in total. The lowest BCUT2D eigenvalue weighted by Crippen LogP contribution is -2.16. The molecule has 0 spiro atoms. The van der Waals surface area contributed by atoms with Crippen molar-refractivity contribution in [1.82, 2.24) is 0 Å². The van der Waals surface area contributed by atoms with Gasteiger partial charge in [0.25, 0.3) is 0 Å². The number of hydrogen-bond acceptors (Lipinski definition) is 4. The van der Waals surface area contributed by atoms with E-state index >= 15 is 0 Å². The Balaban J connectivity index is 5.26. The molecule has 0 bridgehead atoms. The topological polar surface area (TPSA) is 74.6 Å². The first-order chi connectivity index (χ1) is 7.25. The second-order valence-corrected chi connectivity index (χ2v) is 5.44. The van der Waals surface area contributed by atoms with Crippen molar-refractivity contribution in [1.29, 1.82) is 0 Å². The molecule has 0 saturated heterocycles. The molecule has 6 heteroatoms. The summed E-state index contributed by atoms with van der Waals surface area (Å²) in [6.07, 6.45) is 0.251. The van der Waals surface area contributed by atoms with E-state index in [-0.39, 0.29) is 34.5 Å². The molecule has 16 heavy (non-hydrogen) atoms. The van der Waals surface area contributed by atoms with Gasteiger partial charge < -0.3 is 10.2 Å². The van der Waals surface area contributed by atoms with Crippen LogP contribution in [-0.4, -0.2) is 32.7 Å². The molecule has 92 valence electrons. The minimum absolute atomic E-state index is 0.0871. The van der Waals surface area contributed by atoms with E-state index in [0.29, 0.717) is 0 Å². The SMILES string of the molecule is CC(S)C/C(C(=O)O)=C(\CC(C)S)C(=O)O. The second-order valence-electron chi connectivity index (χ2n) is 3.67. The molecule has 0 aromatic carbocycles. The first-order valence-corrected chi connectivity index (χ1v) is 5.83. The molecule has 2 atom stereocenters. The van der Waals surface area contributed by atoms with Gasteiger partial charge in [-0.25, -0.2) is 9.59 Å². The lowest BCUT2D eigenvalue weighted by atomic mass is 9.99. The van der Waals surface area contributed by atoms with Gasteiger partial charge in [-0.1, -0.05) is 13.8 Å². The van der Waals surface area contributed by atoms with E-state index in [1.807, 2.05) is 0 Å². The highest BCUT2D eigenvalue weighted by atomic mass is 32.1. The van der Waals surface area contributed by atoms with E-state index in [0.717, 1.165) is 0 Å². The van der Waals surface area contributed by atoms with Gasteiger partial charge in [0.05, 0.1) is 0 Å². The second kappa shape index (κ2) is 6.85. The average Bonchev–Trinajstić information content (AvgIpc) is 2.09. The Hall–Kier alpha value is -0.620. The quantitative estimate of drug-likeness (QED) is 0.436. The van der Waals surface area contributed by atoms with E-state index in [1.165, 1.54) is 0 Å². The lowest BCUT2D eigenvalue weighted by molar-refractivity contribution is -0.136. The third-order valence-electron chi connectivity index (χ3n) is 1.88. The van der Waals surface area contributed by atoms with Crippen LogP contribution in [0.1, 0.15) is 26.7 Å². The summed E-state index contributed by atoms with van der Waals surface area (Å²) in [7, 11) is 0. The van der Waals surface area contributed by atoms with E-state index in [4.69, 9.17) is 10.2 Å². The highest BCUT2D eigenvalue weighted by Gasteiger charge is 2.22. The Morgan fingerprint density at radius 2 is 1.19 bits per heavy atom. The maximum absolute atomic E-state index is 11.0. The predicted octanol–water partition coefficient (Wildman–Crippen LogP) is 1.87. The summed E-state index contributed by atoms with van der Waals surface area (Å²) in [6, 6.07) is 0. The lowest BCUT2D eigenvalue weighted by Gasteiger charge is -2.12. The molecular weight excluding hydrogens is 248 g/mol. The minimum atomic E-state index is -1.20. The molecule has 0 rings (SSSR count). The van der Waals surface area contributed by atoms with Crippen LogP contribution in [0, 0.1) is 0 Å². The Labute approximate surface area is 106 Å². The van der Waals surface area contributed by atoms with E-state index < -0.39 is 11.9 Å². The number of carbonyl (C=O) groups is 2. The largest absolute Gasteiger partial charge is 0.478 e. The molecule has 0 aromatic rings. The van der Waals surface area contributed by atoms with Gasteiger partial charge in [-0.2, -0.15) is 25.3 Å². The van der Waals surface area contributed by atoms with Gasteiger partial charge in [0.15, 0.2) is 0 Å². The number of thiol groups is 2. The molecule has 0 fully saturated rings. The van der Waals surface area contributed by atoms with Gasteiger partial charge in [-0.15, -0.1) is 0 Å². The number of hydrogen-bond donors (Lipinski definition) is 4. The Bertz CT molecular complexity index is 278. The molecular formula is C10H16O4S2. The summed E-state index contributed by atoms with van der Waals surface area (Å²) in [5.74, 6) is -2.40. The normalized spacial score (nSPS) is 16.2. The van der Waals surface area contributed by atoms with Crippen molar-refractivity contribution in [3.05, 3.63) is 11.1 Å². The highest BCUT2D eigenvalue weighted by molar-refractivity contribution is 7.81. The fourth-order valence-corrected chi connectivity index (χ4v) is 1.64. The van der Waals surface area contributed by atoms with Crippen LogP contribution < -0.4 is 0 Å². The van der Waals surface area contributed by atoms with E-state index in [9.17, 15) is 9.59 Å². The summed E-state index contributed by atoms with van der Waals surface area (Å²) >= 11 is 8.15. The van der Waals surface area contributed by atoms with E-state index in [2.05, 4.69) is 25.3 Å². The summed E-state index contributed by atoms with van der Waals surface area (Å²) < 4.78 is 0. The molecule has 0 radical (unpaired) electrons. The van der Waals surface area contributed by atoms with Crippen molar-refractivity contribution in [3.8, 4) is 0 Å². The molecule has 0 amide bonds. The first-order valence-electron chi connectivity index (χ1n) is 4.80. The monoisotopic (exact) mass is 264 g/mol. The molecule has 0 heterocycles. The van der Waals surface area contributed by atoms with Crippen LogP contribution in [-0.2, 0) is 9.59 Å². The van der Waals surface area contributed by atoms with Gasteiger partial charge >= 0.3 is 11.9 Å². The molecule has 0 aliphatic rings. The standard InChI is InChI=1S/C10H16O4S2/c1-5(15)3-7(9(11)12)8(10(13)14)4-6(2)16/h5-6,15-16H,3-4H2,1-2H3,(H,11,12)(H,13,14)/b8-7-. The van der Waals surface area contributed by atoms with Crippen molar-refractivity contribution >= 4 is 37.2 Å². The maximum Gasteiger partial charge on any atom is 0.332 e. The van der Waals surface area contributed by atoms with Crippen molar-refractivity contribution in [3.63, 3.8) is 0 Å². The zero-order valence-electron chi connectivity index (χ0n) is 9.17. The molecule has 0 aliphatic heterocycles. The molecule has 0 aliphatic carbocycles. The summed E-state index contributed by atoms with van der Waals surface area (Å²) in [4.78, 5) is 22.0. The fourth-order valence-electron chi connectivity index (χ4n) is 1.27. The average molecular weight is 264 g/mol. The van der Waals surface area contributed by atoms with Crippen molar-refractivity contribution in [2.75, 3.05) is 0 Å². The van der Waals surface area contributed by atoms with Crippen LogP contribution in [0.3, 0.4) is 0 Å². The summed E-state index contributed by atoms with van der Waals surface area (Å²) in [6.45, 7) is 3.44. The third kappa shape index (κ3) is 5.46. The number of carboxylic acids is 2.